The first-order valence-electron chi connectivity index (χ1n) is 7.40. The van der Waals surface area contributed by atoms with Crippen LogP contribution in [0, 0.1) is 0 Å². The van der Waals surface area contributed by atoms with E-state index in [4.69, 9.17) is 9.84 Å². The molecule has 9 heteroatoms. The molecule has 1 aromatic carbocycles. The molecule has 0 saturated carbocycles. The zero-order chi connectivity index (χ0) is 17.9. The number of benzene rings is 1. The number of rotatable bonds is 6. The molecule has 1 saturated heterocycles. The molecule has 1 aliphatic rings. The lowest BCUT2D eigenvalue weighted by molar-refractivity contribution is -0.238. The van der Waals surface area contributed by atoms with Crippen molar-refractivity contribution in [1.82, 2.24) is 5.32 Å². The van der Waals surface area contributed by atoms with Gasteiger partial charge in [0.05, 0.1) is 6.61 Å². The van der Waals surface area contributed by atoms with Gasteiger partial charge in [0.2, 0.25) is 0 Å². The monoisotopic (exact) mass is 343 g/mol. The summed E-state index contributed by atoms with van der Waals surface area (Å²) in [7, 11) is 0. The lowest BCUT2D eigenvalue weighted by Gasteiger charge is -2.41. The highest BCUT2D eigenvalue weighted by Gasteiger charge is 2.44. The Labute approximate surface area is 137 Å². The fourth-order valence-corrected chi connectivity index (χ4v) is 2.52. The Kier molecular flexibility index (Phi) is 6.10. The Morgan fingerprint density at radius 3 is 2.29 bits per heavy atom. The van der Waals surface area contributed by atoms with Gasteiger partial charge in [-0.15, -0.1) is 0 Å². The first-order valence-corrected chi connectivity index (χ1v) is 7.40. The van der Waals surface area contributed by atoms with Crippen LogP contribution >= 0.6 is 0 Å². The van der Waals surface area contributed by atoms with E-state index in [0.29, 0.717) is 5.56 Å². The van der Waals surface area contributed by atoms with Gasteiger partial charge in [-0.3, -0.25) is 10.1 Å². The molecule has 1 aliphatic heterocycles. The molecule has 0 bridgehead atoms. The SMILES string of the molecule is O=C(O)[C@H](Cc1ccc(O)cc1)NC1O[C@H](CO)[C@@H](O)[C@H](O)[C@H]1O. The number of aliphatic hydroxyl groups is 4. The Balaban J connectivity index is 2.08. The van der Waals surface area contributed by atoms with Crippen LogP contribution in [-0.2, 0) is 16.0 Å². The van der Waals surface area contributed by atoms with Crippen molar-refractivity contribution in [3.63, 3.8) is 0 Å². The molecular weight excluding hydrogens is 322 g/mol. The molecule has 134 valence electrons. The van der Waals surface area contributed by atoms with Crippen LogP contribution in [-0.4, -0.2) is 79.9 Å². The standard InChI is InChI=1S/C15H21NO8/c17-6-10-11(19)12(20)13(21)14(24-10)16-9(15(22)23)5-7-1-3-8(18)4-2-7/h1-4,9-14,16-21H,5-6H2,(H,22,23)/t9-,10+,11+,12-,13+,14?/m0/s1. The number of carbonyl (C=O) groups is 1. The summed E-state index contributed by atoms with van der Waals surface area (Å²) in [5, 5.41) is 59.7. The molecule has 1 unspecified atom stereocenters. The highest BCUT2D eigenvalue weighted by molar-refractivity contribution is 5.74. The van der Waals surface area contributed by atoms with Gasteiger partial charge in [0.1, 0.15) is 42.4 Å². The number of hydrogen-bond acceptors (Lipinski definition) is 8. The second kappa shape index (κ2) is 7.88. The first-order chi connectivity index (χ1) is 11.3. The van der Waals surface area contributed by atoms with E-state index in [1.807, 2.05) is 0 Å². The van der Waals surface area contributed by atoms with Crippen molar-refractivity contribution in [2.24, 2.45) is 0 Å². The molecule has 0 spiro atoms. The second-order valence-electron chi connectivity index (χ2n) is 5.68. The molecule has 24 heavy (non-hydrogen) atoms. The van der Waals surface area contributed by atoms with Crippen LogP contribution < -0.4 is 5.32 Å². The summed E-state index contributed by atoms with van der Waals surface area (Å²) in [4.78, 5) is 11.4. The quantitative estimate of drug-likeness (QED) is 0.303. The predicted octanol–water partition coefficient (Wildman–Crippen LogP) is -2.22. The molecule has 1 fully saturated rings. The summed E-state index contributed by atoms with van der Waals surface area (Å²) in [6.45, 7) is -0.598. The molecule has 6 atom stereocenters. The Morgan fingerprint density at radius 2 is 1.75 bits per heavy atom. The van der Waals surface area contributed by atoms with Crippen molar-refractivity contribution in [2.45, 2.75) is 43.1 Å². The van der Waals surface area contributed by atoms with E-state index < -0.39 is 49.3 Å². The zero-order valence-electron chi connectivity index (χ0n) is 12.7. The van der Waals surface area contributed by atoms with Crippen molar-refractivity contribution in [3.8, 4) is 5.75 Å². The van der Waals surface area contributed by atoms with Gasteiger partial charge in [-0.1, -0.05) is 12.1 Å². The van der Waals surface area contributed by atoms with Crippen molar-refractivity contribution >= 4 is 5.97 Å². The van der Waals surface area contributed by atoms with Crippen LogP contribution in [0.4, 0.5) is 0 Å². The second-order valence-corrected chi connectivity index (χ2v) is 5.68. The third kappa shape index (κ3) is 4.20. The van der Waals surface area contributed by atoms with Gasteiger partial charge in [0.25, 0.3) is 0 Å². The maximum absolute atomic E-state index is 11.4. The number of aromatic hydroxyl groups is 1. The summed E-state index contributed by atoms with van der Waals surface area (Å²) >= 11 is 0. The minimum Gasteiger partial charge on any atom is -0.508 e. The third-order valence-electron chi connectivity index (χ3n) is 3.93. The van der Waals surface area contributed by atoms with Gasteiger partial charge in [-0.25, -0.2) is 0 Å². The van der Waals surface area contributed by atoms with Crippen LogP contribution in [0.5, 0.6) is 5.75 Å². The summed E-state index contributed by atoms with van der Waals surface area (Å²) in [6.07, 6.45) is -7.03. The molecule has 0 aromatic heterocycles. The van der Waals surface area contributed by atoms with E-state index in [9.17, 15) is 30.3 Å². The molecular formula is C15H21NO8. The minimum atomic E-state index is -1.59. The van der Waals surface area contributed by atoms with Crippen LogP contribution in [0.3, 0.4) is 0 Å². The van der Waals surface area contributed by atoms with E-state index in [2.05, 4.69) is 5.32 Å². The molecule has 9 nitrogen and oxygen atoms in total. The van der Waals surface area contributed by atoms with Crippen molar-refractivity contribution < 1.29 is 40.2 Å². The van der Waals surface area contributed by atoms with Crippen molar-refractivity contribution in [2.75, 3.05) is 6.61 Å². The Bertz CT molecular complexity index is 549. The third-order valence-corrected chi connectivity index (χ3v) is 3.93. The minimum absolute atomic E-state index is 0.0324. The number of ether oxygens (including phenoxy) is 1. The topological polar surface area (TPSA) is 160 Å². The van der Waals surface area contributed by atoms with E-state index in [-0.39, 0.29) is 12.2 Å². The molecule has 1 aromatic rings. The molecule has 0 aliphatic carbocycles. The van der Waals surface area contributed by atoms with Gasteiger partial charge < -0.3 is 35.4 Å². The van der Waals surface area contributed by atoms with Crippen molar-refractivity contribution in [1.29, 1.82) is 0 Å². The zero-order valence-corrected chi connectivity index (χ0v) is 12.7. The molecule has 0 amide bonds. The van der Waals surface area contributed by atoms with Crippen LogP contribution in [0.15, 0.2) is 24.3 Å². The van der Waals surface area contributed by atoms with Gasteiger partial charge in [0.15, 0.2) is 0 Å². The lowest BCUT2D eigenvalue weighted by Crippen LogP contribution is -2.64. The highest BCUT2D eigenvalue weighted by atomic mass is 16.6. The normalized spacial score (nSPS) is 31.6. The van der Waals surface area contributed by atoms with E-state index in [1.165, 1.54) is 12.1 Å². The first kappa shape index (κ1) is 18.6. The number of hydrogen-bond donors (Lipinski definition) is 7. The largest absolute Gasteiger partial charge is 0.508 e. The van der Waals surface area contributed by atoms with Gasteiger partial charge in [0, 0.05) is 0 Å². The number of aliphatic carboxylic acids is 1. The number of carboxylic acids is 1. The predicted molar refractivity (Wildman–Crippen MR) is 80.1 cm³/mol. The Morgan fingerprint density at radius 1 is 1.12 bits per heavy atom. The number of carboxylic acid groups (broad SMARTS) is 1. The van der Waals surface area contributed by atoms with Crippen LogP contribution in [0.25, 0.3) is 0 Å². The number of nitrogens with one attached hydrogen (secondary N) is 1. The van der Waals surface area contributed by atoms with E-state index in [0.717, 1.165) is 0 Å². The maximum atomic E-state index is 11.4. The summed E-state index contributed by atoms with van der Waals surface area (Å²) in [5.74, 6) is -1.16. The Hall–Kier alpha value is -1.75. The average molecular weight is 343 g/mol. The van der Waals surface area contributed by atoms with Gasteiger partial charge in [-0.2, -0.15) is 0 Å². The summed E-state index contributed by atoms with van der Waals surface area (Å²) < 4.78 is 5.24. The molecule has 1 heterocycles. The van der Waals surface area contributed by atoms with Crippen LogP contribution in [0.1, 0.15) is 5.56 Å². The fourth-order valence-electron chi connectivity index (χ4n) is 2.52. The van der Waals surface area contributed by atoms with Crippen molar-refractivity contribution in [3.05, 3.63) is 29.8 Å². The fraction of sp³-hybridized carbons (Fsp3) is 0.533. The smallest absolute Gasteiger partial charge is 0.321 e. The number of phenolic OH excluding ortho intramolecular Hbond substituents is 1. The van der Waals surface area contributed by atoms with Gasteiger partial charge >= 0.3 is 5.97 Å². The highest BCUT2D eigenvalue weighted by Crippen LogP contribution is 2.21. The summed E-state index contributed by atoms with van der Waals surface area (Å²) in [6, 6.07) is 4.79. The molecule has 2 rings (SSSR count). The average Bonchev–Trinajstić information content (AvgIpc) is 2.56. The van der Waals surface area contributed by atoms with E-state index in [1.54, 1.807) is 12.1 Å². The number of phenols is 1. The number of aliphatic hydroxyl groups excluding tert-OH is 4. The maximum Gasteiger partial charge on any atom is 0.321 e. The lowest BCUT2D eigenvalue weighted by atomic mass is 9.97. The molecule has 7 N–H and O–H groups in total. The summed E-state index contributed by atoms with van der Waals surface area (Å²) in [5.41, 5.74) is 0.622. The molecule has 0 radical (unpaired) electrons. The van der Waals surface area contributed by atoms with Gasteiger partial charge in [-0.05, 0) is 24.1 Å². The van der Waals surface area contributed by atoms with E-state index >= 15 is 0 Å². The van der Waals surface area contributed by atoms with Crippen LogP contribution in [0.2, 0.25) is 0 Å².